The number of pyridine rings is 3. The second-order valence-electron chi connectivity index (χ2n) is 5.07. The van der Waals surface area contributed by atoms with Crippen LogP contribution in [-0.4, -0.2) is 15.0 Å². The monoisotopic (exact) mass is 298 g/mol. The highest BCUT2D eigenvalue weighted by Gasteiger charge is 2.15. The largest absolute Gasteiger partial charge is 0.262 e. The van der Waals surface area contributed by atoms with Crippen molar-refractivity contribution in [3.8, 4) is 0 Å². The summed E-state index contributed by atoms with van der Waals surface area (Å²) < 4.78 is 0. The molecule has 3 heterocycles. The van der Waals surface area contributed by atoms with Crippen molar-refractivity contribution in [3.63, 3.8) is 0 Å². The summed E-state index contributed by atoms with van der Waals surface area (Å²) >= 11 is 0. The van der Waals surface area contributed by atoms with Crippen LogP contribution in [0, 0.1) is 0 Å². The Bertz CT molecular complexity index is 884. The third-order valence-corrected chi connectivity index (χ3v) is 3.57. The summed E-state index contributed by atoms with van der Waals surface area (Å²) in [6.07, 6.45) is 3.54. The van der Waals surface area contributed by atoms with Gasteiger partial charge in [-0.2, -0.15) is 0 Å². The fraction of sp³-hybridized carbons (Fsp3) is 0. The molecular formula is C19H14N4. The van der Waals surface area contributed by atoms with E-state index < -0.39 is 0 Å². The number of hydrogen-bond acceptors (Lipinski definition) is 4. The number of fused-ring (bicyclic) bond motifs is 1. The van der Waals surface area contributed by atoms with E-state index in [0.29, 0.717) is 0 Å². The van der Waals surface area contributed by atoms with Crippen LogP contribution in [0.25, 0.3) is 10.9 Å². The summed E-state index contributed by atoms with van der Waals surface area (Å²) in [5, 5.41) is 1.11. The summed E-state index contributed by atoms with van der Waals surface area (Å²) in [5.41, 5.74) is 0.946. The second-order valence-corrected chi connectivity index (χ2v) is 5.07. The van der Waals surface area contributed by atoms with Crippen molar-refractivity contribution < 1.29 is 0 Å². The molecule has 110 valence electrons. The first-order valence-corrected chi connectivity index (χ1v) is 7.40. The molecule has 0 unspecified atom stereocenters. The molecule has 0 fully saturated rings. The molecule has 0 aliphatic carbocycles. The van der Waals surface area contributed by atoms with Crippen LogP contribution in [0.1, 0.15) is 0 Å². The van der Waals surface area contributed by atoms with Crippen molar-refractivity contribution in [1.29, 1.82) is 0 Å². The van der Waals surface area contributed by atoms with E-state index in [4.69, 9.17) is 4.98 Å². The summed E-state index contributed by atoms with van der Waals surface area (Å²) in [6.45, 7) is 0. The lowest BCUT2D eigenvalue weighted by Gasteiger charge is -2.21. The first-order chi connectivity index (χ1) is 11.4. The van der Waals surface area contributed by atoms with Gasteiger partial charge in [-0.3, -0.25) is 4.90 Å². The van der Waals surface area contributed by atoms with E-state index in [0.717, 1.165) is 28.4 Å². The van der Waals surface area contributed by atoms with Gasteiger partial charge in [0.05, 0.1) is 5.52 Å². The Balaban J connectivity index is 1.90. The van der Waals surface area contributed by atoms with E-state index in [-0.39, 0.29) is 0 Å². The number of aromatic nitrogens is 3. The first-order valence-electron chi connectivity index (χ1n) is 7.40. The molecule has 0 amide bonds. The molecule has 0 saturated carbocycles. The zero-order chi connectivity index (χ0) is 15.5. The molecule has 4 nitrogen and oxygen atoms in total. The minimum Gasteiger partial charge on any atom is -0.262 e. The Morgan fingerprint density at radius 3 is 1.87 bits per heavy atom. The molecule has 4 rings (SSSR count). The lowest BCUT2D eigenvalue weighted by atomic mass is 10.2. The highest BCUT2D eigenvalue weighted by Crippen LogP contribution is 2.30. The average Bonchev–Trinajstić information content (AvgIpc) is 2.64. The zero-order valence-corrected chi connectivity index (χ0v) is 12.4. The van der Waals surface area contributed by atoms with Crippen molar-refractivity contribution in [1.82, 2.24) is 15.0 Å². The molecule has 23 heavy (non-hydrogen) atoms. The summed E-state index contributed by atoms with van der Waals surface area (Å²) in [7, 11) is 0. The van der Waals surface area contributed by atoms with Crippen LogP contribution >= 0.6 is 0 Å². The van der Waals surface area contributed by atoms with E-state index in [2.05, 4.69) is 22.1 Å². The predicted molar refractivity (Wildman–Crippen MR) is 92.0 cm³/mol. The van der Waals surface area contributed by atoms with Gasteiger partial charge < -0.3 is 0 Å². The van der Waals surface area contributed by atoms with Crippen LogP contribution in [0.15, 0.2) is 85.2 Å². The molecule has 0 atom stereocenters. The molecule has 0 radical (unpaired) electrons. The molecule has 0 spiro atoms. The Hall–Kier alpha value is -3.27. The van der Waals surface area contributed by atoms with Crippen molar-refractivity contribution in [2.45, 2.75) is 0 Å². The summed E-state index contributed by atoms with van der Waals surface area (Å²) in [6, 6.07) is 23.7. The Kier molecular flexibility index (Phi) is 3.41. The maximum absolute atomic E-state index is 4.77. The Morgan fingerprint density at radius 2 is 1.22 bits per heavy atom. The van der Waals surface area contributed by atoms with Gasteiger partial charge in [-0.1, -0.05) is 30.3 Å². The topological polar surface area (TPSA) is 41.9 Å². The number of hydrogen-bond donors (Lipinski definition) is 0. The smallest absolute Gasteiger partial charge is 0.140 e. The van der Waals surface area contributed by atoms with Gasteiger partial charge in [0.15, 0.2) is 0 Å². The lowest BCUT2D eigenvalue weighted by molar-refractivity contribution is 1.09. The number of nitrogens with zero attached hydrogens (tertiary/aromatic N) is 4. The normalized spacial score (nSPS) is 10.6. The molecule has 0 aliphatic rings. The predicted octanol–water partition coefficient (Wildman–Crippen LogP) is 4.49. The standard InChI is InChI=1S/C19H14N4/c1-2-8-16-15(7-1)11-12-19(22-16)23(17-9-3-5-13-20-17)18-10-4-6-14-21-18/h1-14H. The number of benzene rings is 1. The molecule has 4 aromatic rings. The van der Waals surface area contributed by atoms with Crippen molar-refractivity contribution in [2.75, 3.05) is 4.90 Å². The van der Waals surface area contributed by atoms with Crippen LogP contribution in [0.4, 0.5) is 17.5 Å². The molecule has 0 N–H and O–H groups in total. The molecule has 0 bridgehead atoms. The third-order valence-electron chi connectivity index (χ3n) is 3.57. The second kappa shape index (κ2) is 5.85. The molecule has 3 aromatic heterocycles. The van der Waals surface area contributed by atoms with Crippen LogP contribution in [-0.2, 0) is 0 Å². The molecule has 4 heteroatoms. The van der Waals surface area contributed by atoms with Gasteiger partial charge in [0.25, 0.3) is 0 Å². The number of anilines is 3. The van der Waals surface area contributed by atoms with Gasteiger partial charge in [0, 0.05) is 17.8 Å². The number of para-hydroxylation sites is 1. The van der Waals surface area contributed by atoms with Crippen LogP contribution in [0.3, 0.4) is 0 Å². The van der Waals surface area contributed by atoms with Gasteiger partial charge in [-0.15, -0.1) is 0 Å². The van der Waals surface area contributed by atoms with E-state index in [9.17, 15) is 0 Å². The first kappa shape index (κ1) is 13.4. The highest BCUT2D eigenvalue weighted by molar-refractivity contribution is 5.82. The average molecular weight is 298 g/mol. The minimum absolute atomic E-state index is 0.786. The van der Waals surface area contributed by atoms with E-state index in [1.165, 1.54) is 0 Å². The molecule has 1 aromatic carbocycles. The van der Waals surface area contributed by atoms with Gasteiger partial charge in [0.2, 0.25) is 0 Å². The SMILES string of the molecule is c1ccc(N(c2ccccn2)c2ccc3ccccc3n2)nc1. The van der Waals surface area contributed by atoms with E-state index in [1.807, 2.05) is 65.6 Å². The zero-order valence-electron chi connectivity index (χ0n) is 12.4. The van der Waals surface area contributed by atoms with Crippen LogP contribution in [0.2, 0.25) is 0 Å². The van der Waals surface area contributed by atoms with Gasteiger partial charge in [-0.25, -0.2) is 15.0 Å². The summed E-state index contributed by atoms with van der Waals surface area (Å²) in [4.78, 5) is 15.6. The van der Waals surface area contributed by atoms with Crippen molar-refractivity contribution in [3.05, 3.63) is 85.2 Å². The maximum atomic E-state index is 4.77. The number of rotatable bonds is 3. The van der Waals surface area contributed by atoms with Crippen molar-refractivity contribution in [2.24, 2.45) is 0 Å². The van der Waals surface area contributed by atoms with E-state index in [1.54, 1.807) is 12.4 Å². The molecule has 0 saturated heterocycles. The van der Waals surface area contributed by atoms with Crippen LogP contribution in [0.5, 0.6) is 0 Å². The van der Waals surface area contributed by atoms with Gasteiger partial charge in [0.1, 0.15) is 17.5 Å². The molecular weight excluding hydrogens is 284 g/mol. The Morgan fingerprint density at radius 1 is 0.565 bits per heavy atom. The fourth-order valence-electron chi connectivity index (χ4n) is 2.50. The van der Waals surface area contributed by atoms with Gasteiger partial charge in [-0.05, 0) is 42.5 Å². The van der Waals surface area contributed by atoms with Crippen molar-refractivity contribution >= 4 is 28.4 Å². The van der Waals surface area contributed by atoms with Crippen LogP contribution < -0.4 is 4.90 Å². The fourth-order valence-corrected chi connectivity index (χ4v) is 2.50. The molecule has 0 aliphatic heterocycles. The summed E-state index contributed by atoms with van der Waals surface area (Å²) in [5.74, 6) is 2.36. The third kappa shape index (κ3) is 2.62. The quantitative estimate of drug-likeness (QED) is 0.558. The van der Waals surface area contributed by atoms with Gasteiger partial charge >= 0.3 is 0 Å². The maximum Gasteiger partial charge on any atom is 0.140 e. The lowest BCUT2D eigenvalue weighted by Crippen LogP contribution is -2.14. The Labute approximate surface area is 134 Å². The minimum atomic E-state index is 0.786. The highest BCUT2D eigenvalue weighted by atomic mass is 15.3. The van der Waals surface area contributed by atoms with E-state index >= 15 is 0 Å².